The molecule has 0 atom stereocenters. The molecule has 6 nitrogen and oxygen atoms in total. The molecule has 4 aliphatic rings. The molecule has 176 valence electrons. The molecule has 0 aliphatic heterocycles. The summed E-state index contributed by atoms with van der Waals surface area (Å²) in [5.41, 5.74) is 3.64. The Hall–Kier alpha value is -3.67. The quantitative estimate of drug-likeness (QED) is 0.517. The third-order valence-corrected chi connectivity index (χ3v) is 8.82. The van der Waals surface area contributed by atoms with Gasteiger partial charge in [0.2, 0.25) is 0 Å². The highest BCUT2D eigenvalue weighted by atomic mass is 16.4. The summed E-state index contributed by atoms with van der Waals surface area (Å²) in [5, 5.41) is 13.9. The second-order valence-corrected chi connectivity index (χ2v) is 10.7. The maximum Gasteiger partial charge on any atom is 0.310 e. The van der Waals surface area contributed by atoms with Crippen LogP contribution >= 0.6 is 0 Å². The average molecular weight is 466 g/mol. The molecule has 3 fully saturated rings. The fourth-order valence-corrected chi connectivity index (χ4v) is 6.44. The van der Waals surface area contributed by atoms with Gasteiger partial charge in [0, 0.05) is 28.7 Å². The van der Waals surface area contributed by atoms with E-state index in [-0.39, 0.29) is 16.9 Å². The Morgan fingerprint density at radius 3 is 2.60 bits per heavy atom. The topological polar surface area (TPSA) is 84.2 Å². The van der Waals surface area contributed by atoms with Gasteiger partial charge < -0.3 is 15.0 Å². The molecule has 0 radical (unpaired) electrons. The van der Waals surface area contributed by atoms with Crippen LogP contribution in [0.5, 0.6) is 0 Å². The van der Waals surface area contributed by atoms with Gasteiger partial charge in [-0.1, -0.05) is 36.4 Å². The molecular formula is C29H27N3O3. The molecule has 2 N–H and O–H groups in total. The smallest absolute Gasteiger partial charge is 0.310 e. The maximum absolute atomic E-state index is 13.5. The van der Waals surface area contributed by atoms with Crippen LogP contribution in [0, 0.1) is 10.8 Å². The summed E-state index contributed by atoms with van der Waals surface area (Å²) in [6.45, 7) is 0.570. The molecule has 3 saturated carbocycles. The second kappa shape index (κ2) is 6.94. The Balaban J connectivity index is 1.15. The first-order valence-electron chi connectivity index (χ1n) is 12.4. The first kappa shape index (κ1) is 20.7. The van der Waals surface area contributed by atoms with Gasteiger partial charge in [-0.25, -0.2) is 0 Å². The highest BCUT2D eigenvalue weighted by Crippen LogP contribution is 2.93. The van der Waals surface area contributed by atoms with E-state index in [1.54, 1.807) is 0 Å². The molecule has 0 saturated heterocycles. The molecule has 2 heterocycles. The average Bonchev–Trinajstić information content (AvgIpc) is 3.79. The van der Waals surface area contributed by atoms with E-state index in [9.17, 15) is 14.7 Å². The van der Waals surface area contributed by atoms with Crippen molar-refractivity contribution in [3.8, 4) is 0 Å². The van der Waals surface area contributed by atoms with Crippen LogP contribution in [0.3, 0.4) is 0 Å². The molecule has 1 amide bonds. The highest BCUT2D eigenvalue weighted by Gasteiger charge is 2.95. The molecule has 2 aromatic heterocycles. The van der Waals surface area contributed by atoms with E-state index in [1.165, 1.54) is 5.57 Å². The number of benzene rings is 1. The number of para-hydroxylation sites is 1. The lowest BCUT2D eigenvalue weighted by atomic mass is 10.0. The van der Waals surface area contributed by atoms with Crippen LogP contribution in [-0.2, 0) is 11.3 Å². The molecule has 7 rings (SSSR count). The predicted molar refractivity (Wildman–Crippen MR) is 133 cm³/mol. The number of nitrogens with one attached hydrogen (secondary N) is 1. The van der Waals surface area contributed by atoms with Crippen LogP contribution in [0.25, 0.3) is 16.5 Å². The number of pyridine rings is 1. The summed E-state index contributed by atoms with van der Waals surface area (Å²) in [6.07, 6.45) is 15.8. The zero-order chi connectivity index (χ0) is 23.8. The van der Waals surface area contributed by atoms with Gasteiger partial charge in [0.15, 0.2) is 0 Å². The number of hydrogen-bond donors (Lipinski definition) is 2. The predicted octanol–water partition coefficient (Wildman–Crippen LogP) is 4.95. The van der Waals surface area contributed by atoms with Gasteiger partial charge in [-0.3, -0.25) is 14.6 Å². The van der Waals surface area contributed by atoms with Gasteiger partial charge in [0.25, 0.3) is 5.91 Å². The molecule has 0 unspecified atom stereocenters. The Morgan fingerprint density at radius 1 is 1.09 bits per heavy atom. The number of allylic oxidation sites excluding steroid dienone is 4. The Kier molecular flexibility index (Phi) is 4.10. The van der Waals surface area contributed by atoms with Gasteiger partial charge in [-0.15, -0.1) is 0 Å². The lowest BCUT2D eigenvalue weighted by Gasteiger charge is -2.21. The first-order chi connectivity index (χ1) is 17.0. The number of carbonyl (C=O) groups excluding carboxylic acids is 1. The minimum absolute atomic E-state index is 0.111. The van der Waals surface area contributed by atoms with E-state index >= 15 is 0 Å². The van der Waals surface area contributed by atoms with Gasteiger partial charge in [0.1, 0.15) is 0 Å². The first-order valence-corrected chi connectivity index (χ1v) is 12.4. The summed E-state index contributed by atoms with van der Waals surface area (Å²) < 4.78 is 2.08. The van der Waals surface area contributed by atoms with E-state index in [4.69, 9.17) is 4.98 Å². The molecular weight excluding hydrogens is 438 g/mol. The van der Waals surface area contributed by atoms with Crippen LogP contribution in [0.15, 0.2) is 67.0 Å². The molecule has 4 aliphatic carbocycles. The molecule has 1 aromatic carbocycles. The van der Waals surface area contributed by atoms with Gasteiger partial charge >= 0.3 is 5.97 Å². The third kappa shape index (κ3) is 2.92. The SMILES string of the molecule is O=C(NC1(C23CC2(C(=O)O)C3)CC1)c1cccc2ccn(Cc3ccc(C4=CCCC=C4)cn3)c12. The van der Waals surface area contributed by atoms with E-state index in [0.717, 1.165) is 47.8 Å². The molecule has 35 heavy (non-hydrogen) atoms. The van der Waals surface area contributed by atoms with Crippen molar-refractivity contribution in [1.29, 1.82) is 0 Å². The van der Waals surface area contributed by atoms with Crippen molar-refractivity contribution in [3.63, 3.8) is 0 Å². The van der Waals surface area contributed by atoms with Crippen LogP contribution in [0.4, 0.5) is 0 Å². The zero-order valence-corrected chi connectivity index (χ0v) is 19.5. The Morgan fingerprint density at radius 2 is 1.94 bits per heavy atom. The summed E-state index contributed by atoms with van der Waals surface area (Å²) in [6, 6.07) is 12.0. The number of nitrogens with zero attached hydrogens (tertiary/aromatic N) is 2. The minimum atomic E-state index is -0.705. The number of carboxylic acid groups (broad SMARTS) is 1. The molecule has 3 aromatic rings. The van der Waals surface area contributed by atoms with Gasteiger partial charge in [-0.2, -0.15) is 0 Å². The summed E-state index contributed by atoms with van der Waals surface area (Å²) in [7, 11) is 0. The highest BCUT2D eigenvalue weighted by molar-refractivity contribution is 6.06. The summed E-state index contributed by atoms with van der Waals surface area (Å²) >= 11 is 0. The number of amides is 1. The second-order valence-electron chi connectivity index (χ2n) is 10.7. The summed E-state index contributed by atoms with van der Waals surface area (Å²) in [5.74, 6) is -0.817. The van der Waals surface area contributed by atoms with E-state index in [2.05, 4.69) is 40.2 Å². The van der Waals surface area contributed by atoms with Crippen molar-refractivity contribution in [2.24, 2.45) is 10.8 Å². The fraction of sp³-hybridized carbons (Fsp3) is 0.345. The Labute approximate surface area is 203 Å². The van der Waals surface area contributed by atoms with Crippen LogP contribution in [0.1, 0.15) is 60.1 Å². The fourth-order valence-electron chi connectivity index (χ4n) is 6.44. The lowest BCUT2D eigenvalue weighted by molar-refractivity contribution is -0.141. The summed E-state index contributed by atoms with van der Waals surface area (Å²) in [4.78, 5) is 29.9. The number of carbonyl (C=O) groups is 2. The monoisotopic (exact) mass is 465 g/mol. The maximum atomic E-state index is 13.5. The molecule has 6 heteroatoms. The number of carboxylic acids is 1. The normalized spacial score (nSPS) is 27.1. The number of fused-ring (bicyclic) bond motifs is 2. The van der Waals surface area contributed by atoms with Gasteiger partial charge in [-0.05, 0) is 67.9 Å². The minimum Gasteiger partial charge on any atom is -0.481 e. The molecule has 0 bridgehead atoms. The third-order valence-electron chi connectivity index (χ3n) is 8.82. The van der Waals surface area contributed by atoms with Crippen molar-refractivity contribution in [2.75, 3.05) is 0 Å². The van der Waals surface area contributed by atoms with E-state index < -0.39 is 11.4 Å². The van der Waals surface area contributed by atoms with Crippen molar-refractivity contribution >= 4 is 28.4 Å². The standard InChI is InChI=1S/C29H27N3O3/c33-25(31-29(12-13-29)28-17-27(28,18-28)26(34)35)23-8-4-7-20-11-14-32(24(20)23)16-22-10-9-21(15-30-22)19-5-2-1-3-6-19/h2,4-11,14-15H,1,3,12-13,16-18H2,(H,31,33)(H,34,35). The Bertz CT molecular complexity index is 1450. The number of aromatic nitrogens is 2. The van der Waals surface area contributed by atoms with Crippen LogP contribution in [0.2, 0.25) is 0 Å². The number of rotatable bonds is 7. The van der Waals surface area contributed by atoms with Crippen LogP contribution in [-0.4, -0.2) is 32.1 Å². The van der Waals surface area contributed by atoms with Gasteiger partial charge in [0.05, 0.1) is 28.7 Å². The van der Waals surface area contributed by atoms with Crippen LogP contribution < -0.4 is 5.32 Å². The van der Waals surface area contributed by atoms with Crippen molar-refractivity contribution in [3.05, 3.63) is 83.8 Å². The number of hydrogen-bond acceptors (Lipinski definition) is 3. The zero-order valence-electron chi connectivity index (χ0n) is 19.5. The largest absolute Gasteiger partial charge is 0.481 e. The number of aliphatic carboxylic acids is 1. The van der Waals surface area contributed by atoms with Crippen molar-refractivity contribution < 1.29 is 14.7 Å². The van der Waals surface area contributed by atoms with E-state index in [1.807, 2.05) is 36.7 Å². The van der Waals surface area contributed by atoms with Crippen molar-refractivity contribution in [2.45, 2.75) is 50.6 Å². The van der Waals surface area contributed by atoms with Crippen molar-refractivity contribution in [1.82, 2.24) is 14.9 Å². The van der Waals surface area contributed by atoms with E-state index in [0.29, 0.717) is 24.9 Å². The lowest BCUT2D eigenvalue weighted by Crippen LogP contribution is -2.41. The molecule has 0 spiro atoms.